The number of ether oxygens (including phenoxy) is 2. The molecule has 0 radical (unpaired) electrons. The number of halogens is 1. The SMILES string of the molecule is COc1cn(-c2ccc(N3C[C@@H](C)O[C@@H](C)C3)cc2F)nc(/C(C)=C/C=N/C=C\c2ccccc2)c1=O. The maximum atomic E-state index is 15.3. The summed E-state index contributed by atoms with van der Waals surface area (Å²) in [5.41, 5.74) is 2.36. The molecule has 2 heterocycles. The molecule has 0 amide bonds. The highest BCUT2D eigenvalue weighted by Gasteiger charge is 2.23. The Kier molecular flexibility index (Phi) is 8.30. The van der Waals surface area contributed by atoms with Crippen molar-refractivity contribution in [2.75, 3.05) is 25.1 Å². The average Bonchev–Trinajstić information content (AvgIpc) is 2.88. The Labute approximate surface area is 216 Å². The molecule has 0 aliphatic carbocycles. The van der Waals surface area contributed by atoms with E-state index in [4.69, 9.17) is 9.47 Å². The van der Waals surface area contributed by atoms with Gasteiger partial charge in [0, 0.05) is 31.2 Å². The summed E-state index contributed by atoms with van der Waals surface area (Å²) in [6.45, 7) is 7.13. The van der Waals surface area contributed by atoms with E-state index in [1.807, 2.05) is 56.3 Å². The molecule has 37 heavy (non-hydrogen) atoms. The molecule has 0 bridgehead atoms. The molecule has 7 nitrogen and oxygen atoms in total. The molecule has 1 saturated heterocycles. The van der Waals surface area contributed by atoms with Gasteiger partial charge >= 0.3 is 0 Å². The zero-order valence-electron chi connectivity index (χ0n) is 21.5. The van der Waals surface area contributed by atoms with Crippen LogP contribution in [0, 0.1) is 5.82 Å². The van der Waals surface area contributed by atoms with E-state index in [9.17, 15) is 4.79 Å². The molecule has 1 aliphatic heterocycles. The highest BCUT2D eigenvalue weighted by Crippen LogP contribution is 2.25. The van der Waals surface area contributed by atoms with E-state index in [1.165, 1.54) is 24.1 Å². The molecule has 0 spiro atoms. The smallest absolute Gasteiger partial charge is 0.249 e. The second kappa shape index (κ2) is 11.8. The van der Waals surface area contributed by atoms with Crippen LogP contribution in [0.25, 0.3) is 17.3 Å². The van der Waals surface area contributed by atoms with Crippen molar-refractivity contribution in [2.45, 2.75) is 33.0 Å². The molecule has 0 unspecified atom stereocenters. The summed E-state index contributed by atoms with van der Waals surface area (Å²) in [6.07, 6.45) is 8.33. The number of aromatic nitrogens is 2. The lowest BCUT2D eigenvalue weighted by Gasteiger charge is -2.37. The zero-order chi connectivity index (χ0) is 26.4. The van der Waals surface area contributed by atoms with E-state index in [0.717, 1.165) is 11.3 Å². The molecule has 2 aromatic carbocycles. The molecule has 8 heteroatoms. The number of anilines is 1. The summed E-state index contributed by atoms with van der Waals surface area (Å²) >= 11 is 0. The van der Waals surface area contributed by atoms with Crippen molar-refractivity contribution < 1.29 is 13.9 Å². The van der Waals surface area contributed by atoms with Gasteiger partial charge in [0.1, 0.15) is 11.4 Å². The largest absolute Gasteiger partial charge is 0.491 e. The minimum Gasteiger partial charge on any atom is -0.491 e. The predicted octanol–water partition coefficient (Wildman–Crippen LogP) is 5.14. The van der Waals surface area contributed by atoms with Gasteiger partial charge in [-0.05, 0) is 62.3 Å². The number of hydrogen-bond donors (Lipinski definition) is 0. The first-order chi connectivity index (χ1) is 17.9. The number of morpholine rings is 1. The normalized spacial score (nSPS) is 18.6. The third kappa shape index (κ3) is 6.40. The van der Waals surface area contributed by atoms with E-state index >= 15 is 4.39 Å². The lowest BCUT2D eigenvalue weighted by Crippen LogP contribution is -2.45. The summed E-state index contributed by atoms with van der Waals surface area (Å²) in [7, 11) is 1.40. The van der Waals surface area contributed by atoms with Gasteiger partial charge < -0.3 is 14.4 Å². The Morgan fingerprint density at radius 1 is 1.16 bits per heavy atom. The van der Waals surface area contributed by atoms with Crippen molar-refractivity contribution in [1.29, 1.82) is 0 Å². The topological polar surface area (TPSA) is 68.9 Å². The predicted molar refractivity (Wildman–Crippen MR) is 146 cm³/mol. The molecular weight excluding hydrogens is 471 g/mol. The number of aliphatic imine (C=N–C) groups is 1. The van der Waals surface area contributed by atoms with Gasteiger partial charge in [0.05, 0.1) is 25.5 Å². The Morgan fingerprint density at radius 3 is 2.57 bits per heavy atom. The molecule has 2 atom stereocenters. The second-order valence-corrected chi connectivity index (χ2v) is 8.99. The summed E-state index contributed by atoms with van der Waals surface area (Å²) < 4.78 is 27.7. The van der Waals surface area contributed by atoms with Crippen LogP contribution in [0.4, 0.5) is 10.1 Å². The minimum absolute atomic E-state index is 0.0612. The van der Waals surface area contributed by atoms with Crippen LogP contribution in [-0.4, -0.2) is 48.4 Å². The Bertz CT molecular complexity index is 1370. The van der Waals surface area contributed by atoms with Gasteiger partial charge in [0.25, 0.3) is 0 Å². The van der Waals surface area contributed by atoms with Gasteiger partial charge in [-0.1, -0.05) is 30.3 Å². The van der Waals surface area contributed by atoms with Crippen molar-refractivity contribution in [3.05, 3.63) is 94.3 Å². The zero-order valence-corrected chi connectivity index (χ0v) is 21.5. The summed E-state index contributed by atoms with van der Waals surface area (Å²) in [5.74, 6) is -0.388. The van der Waals surface area contributed by atoms with E-state index in [1.54, 1.807) is 31.5 Å². The van der Waals surface area contributed by atoms with Crippen LogP contribution >= 0.6 is 0 Å². The van der Waals surface area contributed by atoms with Crippen LogP contribution in [0.3, 0.4) is 0 Å². The van der Waals surface area contributed by atoms with Crippen molar-refractivity contribution in [3.8, 4) is 11.4 Å². The number of hydrogen-bond acceptors (Lipinski definition) is 6. The van der Waals surface area contributed by atoms with E-state index in [0.29, 0.717) is 18.7 Å². The number of benzene rings is 2. The minimum atomic E-state index is -0.456. The Morgan fingerprint density at radius 2 is 1.89 bits per heavy atom. The summed E-state index contributed by atoms with van der Waals surface area (Å²) in [6, 6.07) is 14.8. The van der Waals surface area contributed by atoms with Crippen molar-refractivity contribution in [1.82, 2.24) is 9.78 Å². The van der Waals surface area contributed by atoms with Crippen LogP contribution < -0.4 is 15.1 Å². The first-order valence-electron chi connectivity index (χ1n) is 12.2. The third-order valence-electron chi connectivity index (χ3n) is 6.01. The number of nitrogens with zero attached hydrogens (tertiary/aromatic N) is 4. The summed E-state index contributed by atoms with van der Waals surface area (Å²) in [5, 5.41) is 4.43. The molecule has 192 valence electrons. The van der Waals surface area contributed by atoms with Gasteiger partial charge in [-0.2, -0.15) is 5.10 Å². The number of rotatable bonds is 7. The fourth-order valence-corrected chi connectivity index (χ4v) is 4.24. The molecule has 1 fully saturated rings. The Balaban J connectivity index is 1.60. The van der Waals surface area contributed by atoms with Gasteiger partial charge in [0.15, 0.2) is 11.6 Å². The van der Waals surface area contributed by atoms with Crippen LogP contribution in [0.5, 0.6) is 5.75 Å². The van der Waals surface area contributed by atoms with Crippen LogP contribution in [0.1, 0.15) is 32.0 Å². The highest BCUT2D eigenvalue weighted by atomic mass is 19.1. The molecule has 1 aliphatic rings. The number of methoxy groups -OCH3 is 1. The van der Waals surface area contributed by atoms with Gasteiger partial charge in [-0.3, -0.25) is 9.79 Å². The molecule has 3 aromatic rings. The Hall–Kier alpha value is -4.04. The molecule has 0 saturated carbocycles. The maximum Gasteiger partial charge on any atom is 0.249 e. The second-order valence-electron chi connectivity index (χ2n) is 8.99. The average molecular weight is 503 g/mol. The van der Waals surface area contributed by atoms with E-state index in [-0.39, 0.29) is 34.8 Å². The van der Waals surface area contributed by atoms with E-state index in [2.05, 4.69) is 15.0 Å². The van der Waals surface area contributed by atoms with Crippen molar-refractivity contribution >= 4 is 23.6 Å². The molecule has 0 N–H and O–H groups in total. The first kappa shape index (κ1) is 26.0. The molecule has 4 rings (SSSR count). The van der Waals surface area contributed by atoms with Crippen molar-refractivity contribution in [3.63, 3.8) is 0 Å². The van der Waals surface area contributed by atoms with Crippen molar-refractivity contribution in [2.24, 2.45) is 4.99 Å². The van der Waals surface area contributed by atoms with Gasteiger partial charge in [-0.25, -0.2) is 9.07 Å². The number of allylic oxidation sites excluding steroid dienone is 2. The highest BCUT2D eigenvalue weighted by molar-refractivity contribution is 5.83. The monoisotopic (exact) mass is 502 g/mol. The van der Waals surface area contributed by atoms with E-state index < -0.39 is 5.82 Å². The standard InChI is InChI=1S/C29H31FN4O3/c1-20(12-14-31-15-13-23-8-6-5-7-9-23)28-29(35)27(36-4)19-34(32-28)26-11-10-24(16-25(26)30)33-17-21(2)37-22(3)18-33/h5-16,19,21-22H,17-18H2,1-4H3/b15-13-,20-12+,31-14+/t21-,22+. The fraction of sp³-hybridized carbons (Fsp3) is 0.276. The lowest BCUT2D eigenvalue weighted by atomic mass is 10.1. The van der Waals surface area contributed by atoms with Crippen LogP contribution in [-0.2, 0) is 4.74 Å². The van der Waals surface area contributed by atoms with Gasteiger partial charge in [0.2, 0.25) is 5.43 Å². The van der Waals surface area contributed by atoms with Gasteiger partial charge in [-0.15, -0.1) is 0 Å². The molecule has 1 aromatic heterocycles. The fourth-order valence-electron chi connectivity index (χ4n) is 4.24. The third-order valence-corrected chi connectivity index (χ3v) is 6.01. The van der Waals surface area contributed by atoms with Crippen LogP contribution in [0.2, 0.25) is 0 Å². The lowest BCUT2D eigenvalue weighted by molar-refractivity contribution is -0.00523. The maximum absolute atomic E-state index is 15.3. The van der Waals surface area contributed by atoms with Crippen LogP contribution in [0.15, 0.2) is 76.8 Å². The summed E-state index contributed by atoms with van der Waals surface area (Å²) in [4.78, 5) is 19.2. The first-order valence-corrected chi connectivity index (χ1v) is 12.2. The molecular formula is C29H31FN4O3. The quantitative estimate of drug-likeness (QED) is 0.419.